The fraction of sp³-hybridized carbons (Fsp3) is 0.0909. The summed E-state index contributed by atoms with van der Waals surface area (Å²) in [5, 5.41) is 2.98. The number of aryl methyl sites for hydroxylation is 1. The maximum Gasteiger partial charge on any atom is 0.143 e. The predicted molar refractivity (Wildman–Crippen MR) is 102 cm³/mol. The molecule has 1 aliphatic rings. The molecule has 1 aliphatic carbocycles. The highest BCUT2D eigenvalue weighted by molar-refractivity contribution is 6.32. The SMILES string of the molecule is Clc1cc(-c2ccccc2)c2oc3c4c(ccc3c2c1)C=CCC4. The van der Waals surface area contributed by atoms with Crippen molar-refractivity contribution in [1.29, 1.82) is 0 Å². The maximum absolute atomic E-state index is 6.42. The van der Waals surface area contributed by atoms with Crippen molar-refractivity contribution in [3.05, 3.63) is 76.8 Å². The van der Waals surface area contributed by atoms with E-state index in [0.717, 1.165) is 50.9 Å². The molecule has 1 heterocycles. The first-order valence-corrected chi connectivity index (χ1v) is 8.59. The number of hydrogen-bond acceptors (Lipinski definition) is 1. The van der Waals surface area contributed by atoms with Crippen LogP contribution in [0.3, 0.4) is 0 Å². The number of benzene rings is 3. The minimum atomic E-state index is 0.738. The monoisotopic (exact) mass is 330 g/mol. The average Bonchev–Trinajstić information content (AvgIpc) is 3.01. The molecule has 4 aromatic rings. The molecule has 5 rings (SSSR count). The van der Waals surface area contributed by atoms with Crippen LogP contribution in [0.2, 0.25) is 5.02 Å². The maximum atomic E-state index is 6.42. The molecule has 116 valence electrons. The molecule has 0 N–H and O–H groups in total. The molecule has 1 aromatic heterocycles. The third kappa shape index (κ3) is 2.02. The Kier molecular flexibility index (Phi) is 3.04. The van der Waals surface area contributed by atoms with E-state index in [9.17, 15) is 0 Å². The summed E-state index contributed by atoms with van der Waals surface area (Å²) in [7, 11) is 0. The Morgan fingerprint density at radius 1 is 0.875 bits per heavy atom. The first-order chi connectivity index (χ1) is 11.8. The Hall–Kier alpha value is -2.51. The third-order valence-electron chi connectivity index (χ3n) is 4.79. The van der Waals surface area contributed by atoms with Gasteiger partial charge in [0.15, 0.2) is 0 Å². The Labute approximate surface area is 145 Å². The first-order valence-electron chi connectivity index (χ1n) is 8.21. The van der Waals surface area contributed by atoms with Gasteiger partial charge in [-0.2, -0.15) is 0 Å². The molecule has 0 fully saturated rings. The van der Waals surface area contributed by atoms with Gasteiger partial charge >= 0.3 is 0 Å². The number of halogens is 1. The lowest BCUT2D eigenvalue weighted by Gasteiger charge is -2.09. The number of allylic oxidation sites excluding steroid dienone is 1. The molecule has 0 spiro atoms. The Balaban J connectivity index is 1.91. The molecule has 0 bridgehead atoms. The van der Waals surface area contributed by atoms with Gasteiger partial charge in [0.25, 0.3) is 0 Å². The van der Waals surface area contributed by atoms with Crippen molar-refractivity contribution in [2.45, 2.75) is 12.8 Å². The quantitative estimate of drug-likeness (QED) is 0.371. The van der Waals surface area contributed by atoms with Crippen molar-refractivity contribution in [2.75, 3.05) is 0 Å². The average molecular weight is 331 g/mol. The summed E-state index contributed by atoms with van der Waals surface area (Å²) in [5.41, 5.74) is 6.67. The molecular weight excluding hydrogens is 316 g/mol. The van der Waals surface area contributed by atoms with Crippen LogP contribution in [-0.4, -0.2) is 0 Å². The number of rotatable bonds is 1. The van der Waals surface area contributed by atoms with Crippen molar-refractivity contribution in [2.24, 2.45) is 0 Å². The van der Waals surface area contributed by atoms with Crippen molar-refractivity contribution < 1.29 is 4.42 Å². The molecule has 0 aliphatic heterocycles. The van der Waals surface area contributed by atoms with Crippen LogP contribution in [-0.2, 0) is 6.42 Å². The summed E-state index contributed by atoms with van der Waals surface area (Å²) in [6.07, 6.45) is 6.51. The van der Waals surface area contributed by atoms with Crippen molar-refractivity contribution in [3.8, 4) is 11.1 Å². The summed E-state index contributed by atoms with van der Waals surface area (Å²) in [4.78, 5) is 0. The lowest BCUT2D eigenvalue weighted by Crippen LogP contribution is -1.93. The molecule has 1 nitrogen and oxygen atoms in total. The second-order valence-electron chi connectivity index (χ2n) is 6.25. The largest absolute Gasteiger partial charge is 0.455 e. The van der Waals surface area contributed by atoms with Gasteiger partial charge in [0.2, 0.25) is 0 Å². The van der Waals surface area contributed by atoms with Crippen LogP contribution in [0.4, 0.5) is 0 Å². The predicted octanol–water partition coefficient (Wildman–Crippen LogP) is 6.87. The third-order valence-corrected chi connectivity index (χ3v) is 5.01. The van der Waals surface area contributed by atoms with E-state index >= 15 is 0 Å². The normalized spacial score (nSPS) is 13.5. The Morgan fingerprint density at radius 2 is 1.75 bits per heavy atom. The molecule has 2 heteroatoms. The van der Waals surface area contributed by atoms with E-state index in [-0.39, 0.29) is 0 Å². The zero-order valence-electron chi connectivity index (χ0n) is 13.1. The van der Waals surface area contributed by atoms with Gasteiger partial charge in [-0.1, -0.05) is 60.2 Å². The molecular formula is C22H15ClO. The second-order valence-corrected chi connectivity index (χ2v) is 6.69. The Morgan fingerprint density at radius 3 is 2.62 bits per heavy atom. The highest BCUT2D eigenvalue weighted by Gasteiger charge is 2.18. The number of furan rings is 1. The van der Waals surface area contributed by atoms with Gasteiger partial charge in [0.1, 0.15) is 11.2 Å². The molecule has 0 amide bonds. The fourth-order valence-electron chi connectivity index (χ4n) is 3.66. The lowest BCUT2D eigenvalue weighted by atomic mass is 9.95. The first kappa shape index (κ1) is 13.9. The molecule has 24 heavy (non-hydrogen) atoms. The minimum Gasteiger partial charge on any atom is -0.455 e. The highest BCUT2D eigenvalue weighted by atomic mass is 35.5. The summed E-state index contributed by atoms with van der Waals surface area (Å²) < 4.78 is 6.40. The van der Waals surface area contributed by atoms with Crippen LogP contribution in [0.1, 0.15) is 17.5 Å². The van der Waals surface area contributed by atoms with Crippen LogP contribution in [0.15, 0.2) is 65.1 Å². The summed E-state index contributed by atoms with van der Waals surface area (Å²) in [6, 6.07) is 18.6. The van der Waals surface area contributed by atoms with E-state index in [1.807, 2.05) is 30.3 Å². The zero-order valence-corrected chi connectivity index (χ0v) is 13.8. The van der Waals surface area contributed by atoms with Gasteiger partial charge in [0.05, 0.1) is 0 Å². The van der Waals surface area contributed by atoms with Crippen LogP contribution in [0.25, 0.3) is 39.1 Å². The molecule has 0 atom stereocenters. The van der Waals surface area contributed by atoms with E-state index in [0.29, 0.717) is 0 Å². The van der Waals surface area contributed by atoms with Crippen molar-refractivity contribution in [3.63, 3.8) is 0 Å². The van der Waals surface area contributed by atoms with E-state index < -0.39 is 0 Å². The van der Waals surface area contributed by atoms with Gasteiger partial charge in [-0.25, -0.2) is 0 Å². The van der Waals surface area contributed by atoms with Gasteiger partial charge in [-0.3, -0.25) is 0 Å². The smallest absolute Gasteiger partial charge is 0.143 e. The Bertz CT molecular complexity index is 1100. The summed E-state index contributed by atoms with van der Waals surface area (Å²) in [6.45, 7) is 0. The molecule has 3 aromatic carbocycles. The summed E-state index contributed by atoms with van der Waals surface area (Å²) in [5.74, 6) is 0. The van der Waals surface area contributed by atoms with Gasteiger partial charge in [0, 0.05) is 26.9 Å². The lowest BCUT2D eigenvalue weighted by molar-refractivity contribution is 0.662. The second kappa shape index (κ2) is 5.25. The zero-order chi connectivity index (χ0) is 16.1. The van der Waals surface area contributed by atoms with Gasteiger partial charge < -0.3 is 4.42 Å². The van der Waals surface area contributed by atoms with Crippen molar-refractivity contribution >= 4 is 39.6 Å². The van der Waals surface area contributed by atoms with Crippen LogP contribution < -0.4 is 0 Å². The van der Waals surface area contributed by atoms with Gasteiger partial charge in [-0.05, 0) is 42.2 Å². The standard InChI is InChI=1S/C22H15ClO/c23-16-12-19(14-6-2-1-3-7-14)22-20(13-16)18-11-10-15-8-4-5-9-17(15)21(18)24-22/h1-4,6-8,10-13H,5,9H2. The van der Waals surface area contributed by atoms with E-state index in [4.69, 9.17) is 16.0 Å². The van der Waals surface area contributed by atoms with E-state index in [1.54, 1.807) is 0 Å². The van der Waals surface area contributed by atoms with Crippen LogP contribution in [0, 0.1) is 0 Å². The fourth-order valence-corrected chi connectivity index (χ4v) is 3.88. The highest BCUT2D eigenvalue weighted by Crippen LogP contribution is 2.40. The molecule has 0 saturated heterocycles. The molecule has 0 radical (unpaired) electrons. The van der Waals surface area contributed by atoms with Crippen LogP contribution in [0.5, 0.6) is 0 Å². The molecule has 0 saturated carbocycles. The number of fused-ring (bicyclic) bond motifs is 5. The summed E-state index contributed by atoms with van der Waals surface area (Å²) >= 11 is 6.42. The topological polar surface area (TPSA) is 13.1 Å². The molecule has 0 unspecified atom stereocenters. The van der Waals surface area contributed by atoms with E-state index in [1.165, 1.54) is 11.1 Å². The van der Waals surface area contributed by atoms with Crippen molar-refractivity contribution in [1.82, 2.24) is 0 Å². The number of hydrogen-bond donors (Lipinski definition) is 0. The minimum absolute atomic E-state index is 0.738. The van der Waals surface area contributed by atoms with E-state index in [2.05, 4.69) is 36.4 Å². The van der Waals surface area contributed by atoms with Crippen LogP contribution >= 0.6 is 11.6 Å². The van der Waals surface area contributed by atoms with Gasteiger partial charge in [-0.15, -0.1) is 0 Å².